The number of carboxylic acid groups (broad SMARTS) is 1. The van der Waals surface area contributed by atoms with Gasteiger partial charge in [-0.25, -0.2) is 14.6 Å². The van der Waals surface area contributed by atoms with Gasteiger partial charge in [0.25, 0.3) is 5.95 Å². The zero-order valence-corrected chi connectivity index (χ0v) is 11.5. The third-order valence-corrected chi connectivity index (χ3v) is 3.04. The lowest BCUT2D eigenvalue weighted by atomic mass is 10.2. The largest absolute Gasteiger partial charge is 0.480 e. The van der Waals surface area contributed by atoms with Gasteiger partial charge in [0.15, 0.2) is 0 Å². The summed E-state index contributed by atoms with van der Waals surface area (Å²) >= 11 is 0. The third-order valence-electron chi connectivity index (χ3n) is 3.04. The number of urea groups is 1. The van der Waals surface area contributed by atoms with Crippen molar-refractivity contribution < 1.29 is 19.5 Å². The predicted octanol–water partition coefficient (Wildman–Crippen LogP) is -1.09. The number of nitrogens with one attached hydrogen (secondary N) is 2. The fraction of sp³-hybridized carbons (Fsp3) is 0.455. The average molecular weight is 294 g/mol. The van der Waals surface area contributed by atoms with Crippen molar-refractivity contribution in [3.05, 3.63) is 11.4 Å². The number of anilines is 1. The number of carbonyl (C=O) groups is 3. The standard InChI is InChI=1S/C11H14N6O4/c1-5-6(2)15-16-10(13-5)14-11(21)17-4-8(18)12-3-7(17)9(19)20/h7H,3-4H2,1-2H3,(H,12,18)(H,19,20)(H,13,14,16,21). The van der Waals surface area contributed by atoms with E-state index in [0.717, 1.165) is 4.90 Å². The molecule has 1 unspecified atom stereocenters. The molecule has 2 rings (SSSR count). The van der Waals surface area contributed by atoms with Crippen LogP contribution in [0, 0.1) is 13.8 Å². The Hall–Kier alpha value is -2.78. The smallest absolute Gasteiger partial charge is 0.328 e. The molecular weight excluding hydrogens is 280 g/mol. The Kier molecular flexibility index (Phi) is 3.96. The lowest BCUT2D eigenvalue weighted by Gasteiger charge is -2.32. The molecule has 3 N–H and O–H groups in total. The molecule has 10 heteroatoms. The number of aromatic nitrogens is 3. The number of amides is 3. The summed E-state index contributed by atoms with van der Waals surface area (Å²) in [6.45, 7) is 2.93. The highest BCUT2D eigenvalue weighted by molar-refractivity contribution is 5.95. The number of rotatable bonds is 2. The highest BCUT2D eigenvalue weighted by atomic mass is 16.4. The van der Waals surface area contributed by atoms with E-state index in [4.69, 9.17) is 5.11 Å². The second-order valence-corrected chi connectivity index (χ2v) is 4.52. The van der Waals surface area contributed by atoms with Crippen molar-refractivity contribution in [3.63, 3.8) is 0 Å². The van der Waals surface area contributed by atoms with Gasteiger partial charge in [0, 0.05) is 6.54 Å². The van der Waals surface area contributed by atoms with E-state index in [1.807, 2.05) is 0 Å². The molecular formula is C11H14N6O4. The van der Waals surface area contributed by atoms with Gasteiger partial charge < -0.3 is 10.4 Å². The summed E-state index contributed by atoms with van der Waals surface area (Å²) in [5.41, 5.74) is 1.21. The van der Waals surface area contributed by atoms with Crippen LogP contribution in [0.2, 0.25) is 0 Å². The Labute approximate surface area is 119 Å². The van der Waals surface area contributed by atoms with Gasteiger partial charge in [-0.1, -0.05) is 0 Å². The summed E-state index contributed by atoms with van der Waals surface area (Å²) < 4.78 is 0. The topological polar surface area (TPSA) is 137 Å². The number of carbonyl (C=O) groups excluding carboxylic acids is 2. The fourth-order valence-electron chi connectivity index (χ4n) is 1.75. The first-order valence-corrected chi connectivity index (χ1v) is 6.13. The van der Waals surface area contributed by atoms with Crippen LogP contribution in [0.5, 0.6) is 0 Å². The lowest BCUT2D eigenvalue weighted by molar-refractivity contribution is -0.144. The van der Waals surface area contributed by atoms with Crippen LogP contribution in [0.4, 0.5) is 10.7 Å². The van der Waals surface area contributed by atoms with Crippen LogP contribution in [0.3, 0.4) is 0 Å². The van der Waals surface area contributed by atoms with Crippen molar-refractivity contribution >= 4 is 23.9 Å². The number of nitrogens with zero attached hydrogens (tertiary/aromatic N) is 4. The summed E-state index contributed by atoms with van der Waals surface area (Å²) in [4.78, 5) is 39.5. The van der Waals surface area contributed by atoms with Crippen molar-refractivity contribution in [2.24, 2.45) is 0 Å². The van der Waals surface area contributed by atoms with Crippen LogP contribution in [-0.2, 0) is 9.59 Å². The first-order chi connectivity index (χ1) is 9.88. The van der Waals surface area contributed by atoms with Crippen LogP contribution in [-0.4, -0.2) is 62.2 Å². The molecule has 1 aliphatic rings. The highest BCUT2D eigenvalue weighted by Gasteiger charge is 2.35. The molecule has 112 valence electrons. The number of hydrogen-bond acceptors (Lipinski definition) is 6. The SMILES string of the molecule is Cc1nnc(NC(=O)N2CC(=O)NCC2C(=O)O)nc1C. The zero-order valence-electron chi connectivity index (χ0n) is 11.5. The quantitative estimate of drug-likeness (QED) is 0.629. The monoisotopic (exact) mass is 294 g/mol. The van der Waals surface area contributed by atoms with E-state index >= 15 is 0 Å². The highest BCUT2D eigenvalue weighted by Crippen LogP contribution is 2.08. The molecule has 2 heterocycles. The van der Waals surface area contributed by atoms with Gasteiger partial charge >= 0.3 is 12.0 Å². The maximum Gasteiger partial charge on any atom is 0.328 e. The Balaban J connectivity index is 2.14. The van der Waals surface area contributed by atoms with Gasteiger partial charge in [0.05, 0.1) is 11.4 Å². The zero-order chi connectivity index (χ0) is 15.6. The van der Waals surface area contributed by atoms with Crippen molar-refractivity contribution in [3.8, 4) is 0 Å². The van der Waals surface area contributed by atoms with Gasteiger partial charge in [-0.05, 0) is 13.8 Å². The molecule has 3 amide bonds. The average Bonchev–Trinajstić information content (AvgIpc) is 2.42. The Bertz CT molecular complexity index is 604. The fourth-order valence-corrected chi connectivity index (χ4v) is 1.75. The minimum atomic E-state index is -1.20. The van der Waals surface area contributed by atoms with Crippen LogP contribution in [0.25, 0.3) is 0 Å². The molecule has 1 aliphatic heterocycles. The molecule has 0 bridgehead atoms. The number of hydrogen-bond donors (Lipinski definition) is 3. The summed E-state index contributed by atoms with van der Waals surface area (Å²) in [6, 6.07) is -1.90. The first-order valence-electron chi connectivity index (χ1n) is 6.13. The minimum Gasteiger partial charge on any atom is -0.480 e. The summed E-state index contributed by atoms with van der Waals surface area (Å²) in [5, 5.41) is 21.3. The number of aryl methyl sites for hydroxylation is 2. The number of piperazine rings is 1. The van der Waals surface area contributed by atoms with E-state index in [2.05, 4.69) is 25.8 Å². The minimum absolute atomic E-state index is 0.0433. The maximum absolute atomic E-state index is 12.1. The Morgan fingerprint density at radius 1 is 1.33 bits per heavy atom. The van der Waals surface area contributed by atoms with Crippen LogP contribution >= 0.6 is 0 Å². The number of carboxylic acids is 1. The normalized spacial score (nSPS) is 18.1. The van der Waals surface area contributed by atoms with Crippen LogP contribution < -0.4 is 10.6 Å². The van der Waals surface area contributed by atoms with Crippen molar-refractivity contribution in [1.82, 2.24) is 25.4 Å². The molecule has 0 spiro atoms. The van der Waals surface area contributed by atoms with Crippen LogP contribution in [0.15, 0.2) is 0 Å². The van der Waals surface area contributed by atoms with E-state index in [1.54, 1.807) is 13.8 Å². The van der Waals surface area contributed by atoms with Gasteiger partial charge in [0.1, 0.15) is 12.6 Å². The van der Waals surface area contributed by atoms with Crippen molar-refractivity contribution in [2.45, 2.75) is 19.9 Å². The second-order valence-electron chi connectivity index (χ2n) is 4.52. The van der Waals surface area contributed by atoms with E-state index in [1.165, 1.54) is 0 Å². The van der Waals surface area contributed by atoms with E-state index < -0.39 is 23.9 Å². The maximum atomic E-state index is 12.1. The van der Waals surface area contributed by atoms with Crippen molar-refractivity contribution in [1.29, 1.82) is 0 Å². The Morgan fingerprint density at radius 2 is 2.05 bits per heavy atom. The summed E-state index contributed by atoms with van der Waals surface area (Å²) in [7, 11) is 0. The van der Waals surface area contributed by atoms with Gasteiger partial charge in [0.2, 0.25) is 5.91 Å². The van der Waals surface area contributed by atoms with E-state index in [0.29, 0.717) is 11.4 Å². The molecule has 0 aromatic carbocycles. The molecule has 21 heavy (non-hydrogen) atoms. The van der Waals surface area contributed by atoms with E-state index in [9.17, 15) is 14.4 Å². The molecule has 0 radical (unpaired) electrons. The van der Waals surface area contributed by atoms with Gasteiger partial charge in [-0.3, -0.25) is 15.0 Å². The number of aliphatic carboxylic acids is 1. The molecule has 0 aliphatic carbocycles. The lowest BCUT2D eigenvalue weighted by Crippen LogP contribution is -2.60. The summed E-state index contributed by atoms with van der Waals surface area (Å²) in [5.74, 6) is -1.68. The van der Waals surface area contributed by atoms with Crippen molar-refractivity contribution in [2.75, 3.05) is 18.4 Å². The molecule has 1 atom stereocenters. The van der Waals surface area contributed by atoms with E-state index in [-0.39, 0.29) is 19.0 Å². The first kappa shape index (κ1) is 14.6. The molecule has 0 saturated carbocycles. The van der Waals surface area contributed by atoms with Gasteiger partial charge in [-0.2, -0.15) is 5.10 Å². The third kappa shape index (κ3) is 3.22. The molecule has 1 saturated heterocycles. The second kappa shape index (κ2) is 5.69. The van der Waals surface area contributed by atoms with Gasteiger partial charge in [-0.15, -0.1) is 5.10 Å². The molecule has 1 aromatic heterocycles. The summed E-state index contributed by atoms with van der Waals surface area (Å²) in [6.07, 6.45) is 0. The molecule has 10 nitrogen and oxygen atoms in total. The predicted molar refractivity (Wildman–Crippen MR) is 69.5 cm³/mol. The Morgan fingerprint density at radius 3 is 2.67 bits per heavy atom. The van der Waals surface area contributed by atoms with Crippen LogP contribution in [0.1, 0.15) is 11.4 Å². The molecule has 1 fully saturated rings. The molecule has 1 aromatic rings.